The molecule has 0 bridgehead atoms. The van der Waals surface area contributed by atoms with E-state index in [0.29, 0.717) is 0 Å². The predicted molar refractivity (Wildman–Crippen MR) is 85.7 cm³/mol. The second-order valence-electron chi connectivity index (χ2n) is 4.62. The molecule has 3 aromatic rings. The van der Waals surface area contributed by atoms with Gasteiger partial charge in [-0.1, -0.05) is 78.9 Å². The van der Waals surface area contributed by atoms with Crippen molar-refractivity contribution in [1.29, 1.82) is 0 Å². The van der Waals surface area contributed by atoms with Crippen LogP contribution in [-0.4, -0.2) is 0 Å². The molecule has 0 aromatic heterocycles. The molecule has 0 aliphatic carbocycles. The Hall–Kier alpha value is -2.80. The van der Waals surface area contributed by atoms with Gasteiger partial charge in [0.25, 0.3) is 0 Å². The van der Waals surface area contributed by atoms with Crippen LogP contribution in [0.4, 0.5) is 0 Å². The van der Waals surface area contributed by atoms with Gasteiger partial charge in [0, 0.05) is 5.57 Å². The van der Waals surface area contributed by atoms with Gasteiger partial charge in [0.05, 0.1) is 0 Å². The molecule has 101 valence electrons. The van der Waals surface area contributed by atoms with Crippen LogP contribution in [0.3, 0.4) is 0 Å². The van der Waals surface area contributed by atoms with E-state index in [2.05, 4.69) is 30.5 Å². The van der Waals surface area contributed by atoms with Gasteiger partial charge in [-0.05, 0) is 23.3 Å². The largest absolute Gasteiger partial charge is 0.453 e. The Balaban J connectivity index is 1.97. The zero-order valence-corrected chi connectivity index (χ0v) is 11.6. The molecule has 3 aromatic carbocycles. The second kappa shape index (κ2) is 6.58. The van der Waals surface area contributed by atoms with Gasteiger partial charge >= 0.3 is 0 Å². The highest BCUT2D eigenvalue weighted by Gasteiger charge is 2.05. The number of hydrogen-bond acceptors (Lipinski definition) is 1. The Kier molecular flexibility index (Phi) is 4.13. The van der Waals surface area contributed by atoms with Crippen LogP contribution in [0.15, 0.2) is 91.0 Å². The van der Waals surface area contributed by atoms with Gasteiger partial charge in [-0.15, -0.1) is 0 Å². The fourth-order valence-corrected chi connectivity index (χ4v) is 2.09. The van der Waals surface area contributed by atoms with Crippen molar-refractivity contribution in [2.24, 2.45) is 0 Å². The first kappa shape index (κ1) is 13.2. The van der Waals surface area contributed by atoms with Crippen molar-refractivity contribution in [3.8, 4) is 5.75 Å². The number of hydrogen-bond donors (Lipinski definition) is 0. The Morgan fingerprint density at radius 1 is 0.571 bits per heavy atom. The molecular formula is C20H15O. The Morgan fingerprint density at radius 3 is 1.48 bits per heavy atom. The van der Waals surface area contributed by atoms with Crippen LogP contribution in [0, 0.1) is 6.26 Å². The van der Waals surface area contributed by atoms with Crippen LogP contribution in [-0.2, 0) is 0 Å². The molecule has 1 heteroatoms. The van der Waals surface area contributed by atoms with E-state index in [1.54, 1.807) is 0 Å². The minimum Gasteiger partial charge on any atom is -0.453 e. The first-order valence-corrected chi connectivity index (χ1v) is 6.89. The number of para-hydroxylation sites is 1. The minimum atomic E-state index is 0.780. The zero-order valence-electron chi connectivity index (χ0n) is 11.6. The van der Waals surface area contributed by atoms with E-state index in [-0.39, 0.29) is 0 Å². The lowest BCUT2D eigenvalue weighted by molar-refractivity contribution is 0.455. The van der Waals surface area contributed by atoms with Gasteiger partial charge in [-0.3, -0.25) is 0 Å². The van der Waals surface area contributed by atoms with Crippen LogP contribution in [0.1, 0.15) is 11.1 Å². The average Bonchev–Trinajstić information content (AvgIpc) is 2.58. The Bertz CT molecular complexity index is 659. The van der Waals surface area contributed by atoms with Crippen LogP contribution in [0.25, 0.3) is 5.57 Å². The summed E-state index contributed by atoms with van der Waals surface area (Å²) in [6, 6.07) is 30.0. The summed E-state index contributed by atoms with van der Waals surface area (Å²) in [5.41, 5.74) is 3.11. The van der Waals surface area contributed by atoms with E-state index < -0.39 is 0 Å². The Labute approximate surface area is 125 Å². The summed E-state index contributed by atoms with van der Waals surface area (Å²) in [6.07, 6.45) is 3.09. The lowest BCUT2D eigenvalue weighted by Gasteiger charge is -2.08. The molecule has 0 atom stereocenters. The van der Waals surface area contributed by atoms with E-state index in [0.717, 1.165) is 22.4 Å². The second-order valence-corrected chi connectivity index (χ2v) is 4.62. The van der Waals surface area contributed by atoms with Gasteiger partial charge in [0.15, 0.2) is 6.26 Å². The van der Waals surface area contributed by atoms with Gasteiger partial charge in [-0.25, -0.2) is 0 Å². The molecule has 21 heavy (non-hydrogen) atoms. The van der Waals surface area contributed by atoms with Crippen molar-refractivity contribution in [3.05, 3.63) is 108 Å². The van der Waals surface area contributed by atoms with E-state index in [4.69, 9.17) is 4.74 Å². The Morgan fingerprint density at radius 2 is 1.00 bits per heavy atom. The van der Waals surface area contributed by atoms with Crippen LogP contribution in [0.5, 0.6) is 5.75 Å². The predicted octanol–water partition coefficient (Wildman–Crippen LogP) is 4.96. The fourth-order valence-electron chi connectivity index (χ4n) is 2.09. The molecule has 0 heterocycles. The molecule has 0 unspecified atom stereocenters. The summed E-state index contributed by atoms with van der Waals surface area (Å²) in [6.45, 7) is 0. The van der Waals surface area contributed by atoms with E-state index in [1.807, 2.05) is 66.7 Å². The highest BCUT2D eigenvalue weighted by Crippen LogP contribution is 2.23. The van der Waals surface area contributed by atoms with Crippen molar-refractivity contribution in [3.63, 3.8) is 0 Å². The fraction of sp³-hybridized carbons (Fsp3) is 0. The monoisotopic (exact) mass is 271 g/mol. The maximum Gasteiger partial charge on any atom is 0.179 e. The van der Waals surface area contributed by atoms with Crippen molar-refractivity contribution in [1.82, 2.24) is 0 Å². The SMILES string of the molecule is [C](Oc1ccccc1)=C(c1ccccc1)c1ccccc1. The smallest absolute Gasteiger partial charge is 0.179 e. The molecule has 0 N–H and O–H groups in total. The molecule has 0 aliphatic heterocycles. The van der Waals surface area contributed by atoms with Crippen molar-refractivity contribution in [2.75, 3.05) is 0 Å². The van der Waals surface area contributed by atoms with Crippen molar-refractivity contribution in [2.45, 2.75) is 0 Å². The topological polar surface area (TPSA) is 9.23 Å². The quantitative estimate of drug-likeness (QED) is 0.609. The van der Waals surface area contributed by atoms with Gasteiger partial charge in [-0.2, -0.15) is 0 Å². The molecule has 1 radical (unpaired) electrons. The van der Waals surface area contributed by atoms with E-state index in [1.165, 1.54) is 0 Å². The third-order valence-electron chi connectivity index (χ3n) is 3.14. The van der Waals surface area contributed by atoms with Gasteiger partial charge < -0.3 is 4.74 Å². The summed E-state index contributed by atoms with van der Waals surface area (Å²) in [4.78, 5) is 0. The van der Waals surface area contributed by atoms with Crippen LogP contribution in [0.2, 0.25) is 0 Å². The van der Waals surface area contributed by atoms with Crippen LogP contribution >= 0.6 is 0 Å². The molecule has 0 saturated carbocycles. The molecule has 0 spiro atoms. The summed E-state index contributed by atoms with van der Waals surface area (Å²) in [5, 5.41) is 0. The molecule has 0 amide bonds. The highest BCUT2D eigenvalue weighted by molar-refractivity contribution is 5.77. The molecule has 0 fully saturated rings. The summed E-state index contributed by atoms with van der Waals surface area (Å²) >= 11 is 0. The maximum atomic E-state index is 5.69. The van der Waals surface area contributed by atoms with E-state index in [9.17, 15) is 0 Å². The molecule has 0 aliphatic rings. The average molecular weight is 271 g/mol. The summed E-state index contributed by atoms with van der Waals surface area (Å²) in [5.74, 6) is 0.780. The first-order valence-electron chi connectivity index (χ1n) is 6.89. The first-order chi connectivity index (χ1) is 10.4. The maximum absolute atomic E-state index is 5.69. The number of rotatable bonds is 4. The normalized spacial score (nSPS) is 9.90. The minimum absolute atomic E-state index is 0.780. The van der Waals surface area contributed by atoms with E-state index >= 15 is 0 Å². The zero-order chi connectivity index (χ0) is 14.3. The third kappa shape index (κ3) is 3.40. The van der Waals surface area contributed by atoms with Gasteiger partial charge in [0.1, 0.15) is 5.75 Å². The number of ether oxygens (including phenoxy) is 1. The third-order valence-corrected chi connectivity index (χ3v) is 3.14. The van der Waals surface area contributed by atoms with Gasteiger partial charge in [0.2, 0.25) is 0 Å². The van der Waals surface area contributed by atoms with Crippen molar-refractivity contribution >= 4 is 5.57 Å². The number of benzene rings is 3. The summed E-state index contributed by atoms with van der Waals surface area (Å²) in [7, 11) is 0. The molecule has 1 nitrogen and oxygen atoms in total. The highest BCUT2D eigenvalue weighted by atomic mass is 16.5. The van der Waals surface area contributed by atoms with Crippen molar-refractivity contribution < 1.29 is 4.74 Å². The van der Waals surface area contributed by atoms with Crippen LogP contribution < -0.4 is 4.74 Å². The molecule has 3 rings (SSSR count). The molecule has 0 saturated heterocycles. The lowest BCUT2D eigenvalue weighted by Crippen LogP contribution is -1.92. The lowest BCUT2D eigenvalue weighted by atomic mass is 9.99. The standard InChI is InChI=1S/C20H15O/c1-4-10-17(11-5-1)20(18-12-6-2-7-13-18)16-21-19-14-8-3-9-15-19/h1-15H. The molecular weight excluding hydrogens is 256 g/mol. The summed E-state index contributed by atoms with van der Waals surface area (Å²) < 4.78 is 5.69.